The van der Waals surface area contributed by atoms with Crippen molar-refractivity contribution in [2.24, 2.45) is 0 Å². The van der Waals surface area contributed by atoms with Crippen molar-refractivity contribution in [3.8, 4) is 0 Å². The standard InChI is InChI=1S/C9H19NO2/c1-3-9(2)8-10-4-6-12-7-5-11/h10-11H,2-8H2,1H3. The smallest absolute Gasteiger partial charge is 0.0698 e. The Morgan fingerprint density at radius 2 is 2.25 bits per heavy atom. The minimum atomic E-state index is 0.0989. The summed E-state index contributed by atoms with van der Waals surface area (Å²) >= 11 is 0. The molecule has 0 spiro atoms. The van der Waals surface area contributed by atoms with E-state index in [2.05, 4.69) is 18.8 Å². The lowest BCUT2D eigenvalue weighted by Gasteiger charge is -2.05. The summed E-state index contributed by atoms with van der Waals surface area (Å²) in [7, 11) is 0. The second-order valence-electron chi connectivity index (χ2n) is 2.62. The number of nitrogens with one attached hydrogen (secondary N) is 1. The van der Waals surface area contributed by atoms with Crippen molar-refractivity contribution in [3.05, 3.63) is 12.2 Å². The number of hydrogen-bond acceptors (Lipinski definition) is 3. The van der Waals surface area contributed by atoms with Crippen LogP contribution < -0.4 is 5.32 Å². The molecule has 0 radical (unpaired) electrons. The molecule has 0 aromatic carbocycles. The van der Waals surface area contributed by atoms with Crippen molar-refractivity contribution < 1.29 is 9.84 Å². The predicted molar refractivity (Wildman–Crippen MR) is 50.2 cm³/mol. The number of hydrogen-bond donors (Lipinski definition) is 2. The highest BCUT2D eigenvalue weighted by Crippen LogP contribution is 1.91. The molecule has 0 fully saturated rings. The van der Waals surface area contributed by atoms with Crippen LogP contribution in [0.15, 0.2) is 12.2 Å². The van der Waals surface area contributed by atoms with Gasteiger partial charge in [0.1, 0.15) is 0 Å². The molecule has 0 amide bonds. The average Bonchev–Trinajstić information content (AvgIpc) is 2.10. The minimum absolute atomic E-state index is 0.0989. The normalized spacial score (nSPS) is 10.2. The molecule has 0 unspecified atom stereocenters. The third-order valence-corrected chi connectivity index (χ3v) is 1.53. The molecule has 0 saturated carbocycles. The fraction of sp³-hybridized carbons (Fsp3) is 0.778. The van der Waals surface area contributed by atoms with Gasteiger partial charge in [0, 0.05) is 13.1 Å². The quantitative estimate of drug-likeness (QED) is 0.416. The van der Waals surface area contributed by atoms with E-state index in [1.807, 2.05) is 0 Å². The summed E-state index contributed by atoms with van der Waals surface area (Å²) in [4.78, 5) is 0. The van der Waals surface area contributed by atoms with Crippen molar-refractivity contribution in [1.82, 2.24) is 5.32 Å². The number of ether oxygens (including phenoxy) is 1. The van der Waals surface area contributed by atoms with Crippen LogP contribution in [0.25, 0.3) is 0 Å². The van der Waals surface area contributed by atoms with Gasteiger partial charge in [0.25, 0.3) is 0 Å². The van der Waals surface area contributed by atoms with Crippen molar-refractivity contribution in [3.63, 3.8) is 0 Å². The molecule has 3 heteroatoms. The van der Waals surface area contributed by atoms with Gasteiger partial charge in [-0.3, -0.25) is 0 Å². The Hall–Kier alpha value is -0.380. The fourth-order valence-corrected chi connectivity index (χ4v) is 0.701. The van der Waals surface area contributed by atoms with Crippen molar-refractivity contribution >= 4 is 0 Å². The summed E-state index contributed by atoms with van der Waals surface area (Å²) in [5.74, 6) is 0. The second kappa shape index (κ2) is 8.71. The van der Waals surface area contributed by atoms with Crippen LogP contribution in [0, 0.1) is 0 Å². The molecule has 0 saturated heterocycles. The molecule has 0 aliphatic rings. The predicted octanol–water partition coefficient (Wildman–Crippen LogP) is 0.551. The minimum Gasteiger partial charge on any atom is -0.394 e. The van der Waals surface area contributed by atoms with Crippen LogP contribution in [0.3, 0.4) is 0 Å². The fourth-order valence-electron chi connectivity index (χ4n) is 0.701. The zero-order chi connectivity index (χ0) is 9.23. The van der Waals surface area contributed by atoms with E-state index in [1.54, 1.807) is 0 Å². The molecule has 12 heavy (non-hydrogen) atoms. The van der Waals surface area contributed by atoms with Crippen LogP contribution in [-0.4, -0.2) is 38.0 Å². The summed E-state index contributed by atoms with van der Waals surface area (Å²) in [6.07, 6.45) is 1.02. The molecule has 0 rings (SSSR count). The van der Waals surface area contributed by atoms with Gasteiger partial charge < -0.3 is 15.2 Å². The molecule has 0 aromatic rings. The zero-order valence-corrected chi connectivity index (χ0v) is 7.81. The van der Waals surface area contributed by atoms with Crippen molar-refractivity contribution in [1.29, 1.82) is 0 Å². The maximum absolute atomic E-state index is 8.39. The molecule has 2 N–H and O–H groups in total. The van der Waals surface area contributed by atoms with E-state index in [4.69, 9.17) is 9.84 Å². The first-order valence-electron chi connectivity index (χ1n) is 4.37. The summed E-state index contributed by atoms with van der Waals surface area (Å²) in [5.41, 5.74) is 1.21. The lowest BCUT2D eigenvalue weighted by molar-refractivity contribution is 0.0943. The first-order valence-corrected chi connectivity index (χ1v) is 4.37. The van der Waals surface area contributed by atoms with E-state index in [0.717, 1.165) is 19.5 Å². The first kappa shape index (κ1) is 11.6. The van der Waals surface area contributed by atoms with Crippen LogP contribution in [0.4, 0.5) is 0 Å². The average molecular weight is 173 g/mol. The van der Waals surface area contributed by atoms with Gasteiger partial charge in [-0.1, -0.05) is 19.1 Å². The summed E-state index contributed by atoms with van der Waals surface area (Å²) < 4.78 is 5.06. The van der Waals surface area contributed by atoms with E-state index in [0.29, 0.717) is 13.2 Å². The maximum atomic E-state index is 8.39. The molecule has 0 bridgehead atoms. The van der Waals surface area contributed by atoms with Crippen LogP contribution >= 0.6 is 0 Å². The van der Waals surface area contributed by atoms with Crippen LogP contribution in [0.1, 0.15) is 13.3 Å². The number of aliphatic hydroxyl groups is 1. The monoisotopic (exact) mass is 173 g/mol. The van der Waals surface area contributed by atoms with Gasteiger partial charge in [-0.2, -0.15) is 0 Å². The molecular formula is C9H19NO2. The van der Waals surface area contributed by atoms with E-state index in [9.17, 15) is 0 Å². The number of aliphatic hydroxyl groups excluding tert-OH is 1. The first-order chi connectivity index (χ1) is 5.81. The maximum Gasteiger partial charge on any atom is 0.0698 e. The topological polar surface area (TPSA) is 41.5 Å². The van der Waals surface area contributed by atoms with Gasteiger partial charge in [-0.15, -0.1) is 0 Å². The van der Waals surface area contributed by atoms with Gasteiger partial charge in [0.2, 0.25) is 0 Å². The highest BCUT2D eigenvalue weighted by molar-refractivity contribution is 4.94. The lowest BCUT2D eigenvalue weighted by atomic mass is 10.2. The Kier molecular flexibility index (Phi) is 8.44. The highest BCUT2D eigenvalue weighted by atomic mass is 16.5. The largest absolute Gasteiger partial charge is 0.394 e. The van der Waals surface area contributed by atoms with E-state index in [1.165, 1.54) is 5.57 Å². The Labute approximate surface area is 74.4 Å². The Morgan fingerprint density at radius 1 is 1.50 bits per heavy atom. The molecule has 0 aliphatic heterocycles. The van der Waals surface area contributed by atoms with Gasteiger partial charge in [0.05, 0.1) is 19.8 Å². The third kappa shape index (κ3) is 7.72. The van der Waals surface area contributed by atoms with E-state index in [-0.39, 0.29) is 6.61 Å². The molecule has 0 atom stereocenters. The number of rotatable bonds is 8. The van der Waals surface area contributed by atoms with Gasteiger partial charge in [0.15, 0.2) is 0 Å². The molecule has 72 valence electrons. The van der Waals surface area contributed by atoms with Gasteiger partial charge in [-0.25, -0.2) is 0 Å². The molecule has 0 heterocycles. The van der Waals surface area contributed by atoms with E-state index < -0.39 is 0 Å². The third-order valence-electron chi connectivity index (χ3n) is 1.53. The summed E-state index contributed by atoms with van der Waals surface area (Å²) in [5, 5.41) is 11.6. The Balaban J connectivity index is 2.95. The highest BCUT2D eigenvalue weighted by Gasteiger charge is 1.90. The Bertz CT molecular complexity index is 115. The van der Waals surface area contributed by atoms with Gasteiger partial charge in [-0.05, 0) is 6.42 Å². The van der Waals surface area contributed by atoms with Crippen LogP contribution in [0.2, 0.25) is 0 Å². The van der Waals surface area contributed by atoms with Crippen molar-refractivity contribution in [2.75, 3.05) is 32.9 Å². The summed E-state index contributed by atoms with van der Waals surface area (Å²) in [6.45, 7) is 8.81. The second-order valence-corrected chi connectivity index (χ2v) is 2.62. The molecular weight excluding hydrogens is 154 g/mol. The Morgan fingerprint density at radius 3 is 2.83 bits per heavy atom. The lowest BCUT2D eigenvalue weighted by Crippen LogP contribution is -2.22. The van der Waals surface area contributed by atoms with E-state index >= 15 is 0 Å². The van der Waals surface area contributed by atoms with Crippen LogP contribution in [0.5, 0.6) is 0 Å². The van der Waals surface area contributed by atoms with Crippen LogP contribution in [-0.2, 0) is 4.74 Å². The molecule has 3 nitrogen and oxygen atoms in total. The molecule has 0 aliphatic carbocycles. The SMILES string of the molecule is C=C(CC)CNCCOCCO. The van der Waals surface area contributed by atoms with Crippen molar-refractivity contribution in [2.45, 2.75) is 13.3 Å². The molecule has 0 aromatic heterocycles. The van der Waals surface area contributed by atoms with Gasteiger partial charge >= 0.3 is 0 Å². The zero-order valence-electron chi connectivity index (χ0n) is 7.81. The summed E-state index contributed by atoms with van der Waals surface area (Å²) in [6, 6.07) is 0.